The Morgan fingerprint density at radius 2 is 2.00 bits per heavy atom. The van der Waals surface area contributed by atoms with Gasteiger partial charge in [0.05, 0.1) is 11.5 Å². The summed E-state index contributed by atoms with van der Waals surface area (Å²) in [5.74, 6) is -0.286. The van der Waals surface area contributed by atoms with E-state index in [-0.39, 0.29) is 42.4 Å². The smallest absolute Gasteiger partial charge is 0.251 e. The molecule has 0 aliphatic carbocycles. The van der Waals surface area contributed by atoms with Crippen LogP contribution in [0, 0.1) is 6.92 Å². The molecule has 0 saturated heterocycles. The van der Waals surface area contributed by atoms with E-state index < -0.39 is 10.0 Å². The third-order valence-corrected chi connectivity index (χ3v) is 4.94. The maximum atomic E-state index is 12.3. The lowest BCUT2D eigenvalue weighted by atomic mass is 10.1. The van der Waals surface area contributed by atoms with E-state index in [2.05, 4.69) is 15.4 Å². The number of aryl methyl sites for hydroxylation is 1. The molecule has 7 nitrogen and oxygen atoms in total. The summed E-state index contributed by atoms with van der Waals surface area (Å²) in [4.78, 5) is 12.4. The van der Waals surface area contributed by atoms with Gasteiger partial charge in [-0.15, -0.1) is 12.4 Å². The van der Waals surface area contributed by atoms with E-state index in [1.54, 1.807) is 13.0 Å². The van der Waals surface area contributed by atoms with Crippen molar-refractivity contribution in [2.24, 2.45) is 0 Å². The average molecular weight is 394 g/mol. The predicted molar refractivity (Wildman–Crippen MR) is 101 cm³/mol. The van der Waals surface area contributed by atoms with Gasteiger partial charge < -0.3 is 15.4 Å². The van der Waals surface area contributed by atoms with E-state index in [4.69, 9.17) is 4.74 Å². The number of halogens is 1. The largest absolute Gasteiger partial charge is 0.383 e. The van der Waals surface area contributed by atoms with Crippen LogP contribution in [0.3, 0.4) is 0 Å². The number of likely N-dealkylation sites (N-methyl/N-ethyl adjacent to an activating group) is 1. The summed E-state index contributed by atoms with van der Waals surface area (Å²) in [5, 5.41) is 6.02. The number of benzene rings is 1. The van der Waals surface area contributed by atoms with Crippen molar-refractivity contribution >= 4 is 28.3 Å². The van der Waals surface area contributed by atoms with E-state index in [0.29, 0.717) is 12.1 Å². The molecule has 25 heavy (non-hydrogen) atoms. The molecule has 0 spiro atoms. The molecule has 9 heteroatoms. The van der Waals surface area contributed by atoms with Crippen molar-refractivity contribution in [2.75, 3.05) is 33.4 Å². The Morgan fingerprint density at radius 3 is 2.60 bits per heavy atom. The van der Waals surface area contributed by atoms with Crippen molar-refractivity contribution < 1.29 is 17.9 Å². The number of carbonyl (C=O) groups is 1. The SMILES string of the molecule is CCN[C@H](C)CNC(=O)c1cc(S(=O)(=O)NCCOC)ccc1C.Cl. The molecule has 0 unspecified atom stereocenters. The van der Waals surface area contributed by atoms with Crippen molar-refractivity contribution in [2.45, 2.75) is 31.7 Å². The van der Waals surface area contributed by atoms with Crippen LogP contribution in [0.1, 0.15) is 29.8 Å². The van der Waals surface area contributed by atoms with E-state index in [1.165, 1.54) is 19.2 Å². The van der Waals surface area contributed by atoms with Gasteiger partial charge in [-0.05, 0) is 38.1 Å². The zero-order chi connectivity index (χ0) is 18.2. The lowest BCUT2D eigenvalue weighted by Gasteiger charge is -2.15. The Bertz CT molecular complexity index is 653. The molecule has 1 aromatic rings. The number of sulfonamides is 1. The van der Waals surface area contributed by atoms with Crippen LogP contribution in [0.2, 0.25) is 0 Å². The minimum atomic E-state index is -3.67. The lowest BCUT2D eigenvalue weighted by molar-refractivity contribution is 0.0949. The molecule has 0 bridgehead atoms. The van der Waals surface area contributed by atoms with Crippen LogP contribution in [-0.2, 0) is 14.8 Å². The van der Waals surface area contributed by atoms with Crippen molar-refractivity contribution in [3.8, 4) is 0 Å². The maximum absolute atomic E-state index is 12.3. The average Bonchev–Trinajstić information content (AvgIpc) is 2.53. The van der Waals surface area contributed by atoms with Gasteiger partial charge in [0.25, 0.3) is 5.91 Å². The third-order valence-electron chi connectivity index (χ3n) is 3.48. The van der Waals surface area contributed by atoms with E-state index in [9.17, 15) is 13.2 Å². The van der Waals surface area contributed by atoms with E-state index >= 15 is 0 Å². The van der Waals surface area contributed by atoms with Crippen molar-refractivity contribution in [1.82, 2.24) is 15.4 Å². The highest BCUT2D eigenvalue weighted by Crippen LogP contribution is 2.15. The molecular weight excluding hydrogens is 366 g/mol. The van der Waals surface area contributed by atoms with Gasteiger partial charge in [-0.25, -0.2) is 13.1 Å². The zero-order valence-corrected chi connectivity index (χ0v) is 16.7. The van der Waals surface area contributed by atoms with Gasteiger partial charge >= 0.3 is 0 Å². The number of nitrogens with one attached hydrogen (secondary N) is 3. The van der Waals surface area contributed by atoms with Crippen LogP contribution in [0.25, 0.3) is 0 Å². The Morgan fingerprint density at radius 1 is 1.32 bits per heavy atom. The highest BCUT2D eigenvalue weighted by atomic mass is 35.5. The number of rotatable bonds is 10. The molecule has 1 atom stereocenters. The number of hydrogen-bond acceptors (Lipinski definition) is 5. The van der Waals surface area contributed by atoms with Crippen molar-refractivity contribution in [3.63, 3.8) is 0 Å². The number of hydrogen-bond donors (Lipinski definition) is 3. The third kappa shape index (κ3) is 7.70. The molecular formula is C16H28ClN3O4S. The first-order valence-electron chi connectivity index (χ1n) is 7.92. The Balaban J connectivity index is 0.00000576. The van der Waals surface area contributed by atoms with Gasteiger partial charge in [-0.1, -0.05) is 13.0 Å². The second kappa shape index (κ2) is 11.4. The molecule has 0 radical (unpaired) electrons. The molecule has 0 fully saturated rings. The molecule has 1 rings (SSSR count). The minimum Gasteiger partial charge on any atom is -0.383 e. The molecule has 144 valence electrons. The fourth-order valence-electron chi connectivity index (χ4n) is 2.14. The van der Waals surface area contributed by atoms with E-state index in [1.807, 2.05) is 13.8 Å². The fourth-order valence-corrected chi connectivity index (χ4v) is 3.17. The summed E-state index contributed by atoms with van der Waals surface area (Å²) in [7, 11) is -2.17. The molecule has 1 amide bonds. The number of carbonyl (C=O) groups excluding carboxylic acids is 1. The van der Waals surface area contributed by atoms with Crippen molar-refractivity contribution in [1.29, 1.82) is 0 Å². The molecule has 0 aromatic heterocycles. The molecule has 0 aliphatic rings. The highest BCUT2D eigenvalue weighted by Gasteiger charge is 2.18. The Kier molecular flexibility index (Phi) is 10.9. The maximum Gasteiger partial charge on any atom is 0.251 e. The first-order chi connectivity index (χ1) is 11.3. The van der Waals surface area contributed by atoms with Gasteiger partial charge in [-0.2, -0.15) is 0 Å². The van der Waals surface area contributed by atoms with Crippen LogP contribution >= 0.6 is 12.4 Å². The van der Waals surface area contributed by atoms with Crippen LogP contribution in [0.15, 0.2) is 23.1 Å². The summed E-state index contributed by atoms with van der Waals surface area (Å²) >= 11 is 0. The molecule has 1 aromatic carbocycles. The molecule has 0 heterocycles. The van der Waals surface area contributed by atoms with Crippen LogP contribution < -0.4 is 15.4 Å². The normalized spacial score (nSPS) is 12.3. The highest BCUT2D eigenvalue weighted by molar-refractivity contribution is 7.89. The Hall–Kier alpha value is -1.19. The second-order valence-electron chi connectivity index (χ2n) is 5.54. The fraction of sp³-hybridized carbons (Fsp3) is 0.562. The second-order valence-corrected chi connectivity index (χ2v) is 7.30. The quantitative estimate of drug-likeness (QED) is 0.517. The Labute approximate surface area is 156 Å². The van der Waals surface area contributed by atoms with Crippen LogP contribution in [0.5, 0.6) is 0 Å². The summed E-state index contributed by atoms with van der Waals surface area (Å²) in [6.45, 7) is 7.48. The number of amides is 1. The van der Waals surface area contributed by atoms with Gasteiger partial charge in [0.15, 0.2) is 0 Å². The monoisotopic (exact) mass is 393 g/mol. The van der Waals surface area contributed by atoms with Gasteiger partial charge in [0.2, 0.25) is 10.0 Å². The predicted octanol–water partition coefficient (Wildman–Crippen LogP) is 1.07. The summed E-state index contributed by atoms with van der Waals surface area (Å²) < 4.78 is 31.7. The summed E-state index contributed by atoms with van der Waals surface area (Å²) in [6.07, 6.45) is 0. The molecule has 0 aliphatic heterocycles. The van der Waals surface area contributed by atoms with Crippen LogP contribution in [-0.4, -0.2) is 53.7 Å². The number of methoxy groups -OCH3 is 1. The standard InChI is InChI=1S/C16H27N3O4S.ClH/c1-5-17-13(3)11-18-16(20)15-10-14(7-6-12(15)2)24(21,22)19-8-9-23-4;/h6-7,10,13,17,19H,5,8-9,11H2,1-4H3,(H,18,20);1H/t13-;/m1./s1. The minimum absolute atomic E-state index is 0. The topological polar surface area (TPSA) is 96.5 Å². The first-order valence-corrected chi connectivity index (χ1v) is 9.41. The van der Waals surface area contributed by atoms with Crippen LogP contribution in [0.4, 0.5) is 0 Å². The van der Waals surface area contributed by atoms with Crippen molar-refractivity contribution in [3.05, 3.63) is 29.3 Å². The first kappa shape index (κ1) is 23.8. The summed E-state index contributed by atoms with van der Waals surface area (Å²) in [5.41, 5.74) is 1.08. The summed E-state index contributed by atoms with van der Waals surface area (Å²) in [6, 6.07) is 4.66. The molecule has 0 saturated carbocycles. The molecule has 3 N–H and O–H groups in total. The van der Waals surface area contributed by atoms with Gasteiger partial charge in [0, 0.05) is 31.8 Å². The van der Waals surface area contributed by atoms with Gasteiger partial charge in [0.1, 0.15) is 0 Å². The van der Waals surface area contributed by atoms with Gasteiger partial charge in [-0.3, -0.25) is 4.79 Å². The lowest BCUT2D eigenvalue weighted by Crippen LogP contribution is -2.39. The zero-order valence-electron chi connectivity index (χ0n) is 15.1. The van der Waals surface area contributed by atoms with E-state index in [0.717, 1.165) is 12.1 Å². The number of ether oxygens (including phenoxy) is 1.